The number of hydrogen-bond donors (Lipinski definition) is 2. The second-order valence-corrected chi connectivity index (χ2v) is 6.51. The van der Waals surface area contributed by atoms with Crippen molar-refractivity contribution in [2.75, 3.05) is 30.8 Å². The Labute approximate surface area is 161 Å². The Hall–Kier alpha value is -3.16. The number of rotatable bonds is 4. The summed E-state index contributed by atoms with van der Waals surface area (Å²) >= 11 is 0. The third kappa shape index (κ3) is 4.57. The molecule has 0 unspecified atom stereocenters. The number of carbonyl (C=O) groups is 2. The smallest absolute Gasteiger partial charge is 0.321 e. The first-order chi connectivity index (χ1) is 13.5. The number of nitrogens with zero attached hydrogens (tertiary/aromatic N) is 1. The van der Waals surface area contributed by atoms with E-state index in [1.807, 2.05) is 12.1 Å². The van der Waals surface area contributed by atoms with Crippen molar-refractivity contribution in [2.45, 2.75) is 12.8 Å². The molecule has 0 atom stereocenters. The lowest BCUT2D eigenvalue weighted by Crippen LogP contribution is -2.43. The number of halogens is 2. The number of amides is 3. The van der Waals surface area contributed by atoms with E-state index in [0.29, 0.717) is 37.4 Å². The van der Waals surface area contributed by atoms with Gasteiger partial charge >= 0.3 is 6.03 Å². The van der Waals surface area contributed by atoms with Crippen LogP contribution in [0.25, 0.3) is 0 Å². The molecule has 3 rings (SSSR count). The predicted octanol–water partition coefficient (Wildman–Crippen LogP) is 3.86. The minimum absolute atomic E-state index is 0.120. The number of anilines is 2. The van der Waals surface area contributed by atoms with Crippen LogP contribution in [0.3, 0.4) is 0 Å². The Balaban J connectivity index is 1.52. The van der Waals surface area contributed by atoms with Crippen LogP contribution >= 0.6 is 0 Å². The van der Waals surface area contributed by atoms with Crippen LogP contribution in [-0.2, 0) is 4.79 Å². The van der Waals surface area contributed by atoms with Crippen LogP contribution in [0.1, 0.15) is 12.8 Å². The highest BCUT2D eigenvalue weighted by molar-refractivity contribution is 5.94. The molecular weight excluding hydrogens is 368 g/mol. The maximum absolute atomic E-state index is 13.3. The maximum Gasteiger partial charge on any atom is 0.321 e. The van der Waals surface area contributed by atoms with Gasteiger partial charge in [0, 0.05) is 30.8 Å². The standard InChI is InChI=1S/C20H21F2N3O3/c1-28-18-5-3-2-4-17(18)24-19(26)13-8-10-25(11-9-13)20(27)23-14-6-7-15(21)16(22)12-14/h2-7,12-13H,8-11H2,1H3,(H,23,27)(H,24,26). The fraction of sp³-hybridized carbons (Fsp3) is 0.300. The zero-order valence-electron chi connectivity index (χ0n) is 15.4. The predicted molar refractivity (Wildman–Crippen MR) is 101 cm³/mol. The fourth-order valence-corrected chi connectivity index (χ4v) is 3.10. The topological polar surface area (TPSA) is 70.7 Å². The lowest BCUT2D eigenvalue weighted by atomic mass is 9.96. The van der Waals surface area contributed by atoms with Crippen LogP contribution in [0.15, 0.2) is 42.5 Å². The molecule has 0 bridgehead atoms. The van der Waals surface area contributed by atoms with Crippen LogP contribution in [0.5, 0.6) is 5.75 Å². The van der Waals surface area contributed by atoms with Crippen LogP contribution in [0, 0.1) is 17.6 Å². The summed E-state index contributed by atoms with van der Waals surface area (Å²) in [7, 11) is 1.54. The number of piperidine rings is 1. The first-order valence-electron chi connectivity index (χ1n) is 8.93. The molecule has 6 nitrogen and oxygen atoms in total. The minimum Gasteiger partial charge on any atom is -0.495 e. The van der Waals surface area contributed by atoms with Gasteiger partial charge in [0.05, 0.1) is 12.8 Å². The van der Waals surface area contributed by atoms with Gasteiger partial charge in [0.1, 0.15) is 5.75 Å². The molecular formula is C20H21F2N3O3. The number of benzene rings is 2. The summed E-state index contributed by atoms with van der Waals surface area (Å²) in [5, 5.41) is 5.41. The number of likely N-dealkylation sites (tertiary alicyclic amines) is 1. The Morgan fingerprint density at radius 2 is 1.75 bits per heavy atom. The van der Waals surface area contributed by atoms with Crippen molar-refractivity contribution in [3.63, 3.8) is 0 Å². The zero-order chi connectivity index (χ0) is 20.1. The van der Waals surface area contributed by atoms with Gasteiger partial charge in [0.15, 0.2) is 11.6 Å². The number of nitrogens with one attached hydrogen (secondary N) is 2. The summed E-state index contributed by atoms with van der Waals surface area (Å²) in [6.45, 7) is 0.777. The molecule has 0 saturated carbocycles. The van der Waals surface area contributed by atoms with Crippen molar-refractivity contribution in [1.29, 1.82) is 0 Å². The molecule has 148 valence electrons. The normalized spacial score (nSPS) is 14.5. The van der Waals surface area contributed by atoms with E-state index >= 15 is 0 Å². The average molecular weight is 389 g/mol. The number of methoxy groups -OCH3 is 1. The summed E-state index contributed by atoms with van der Waals surface area (Å²) in [4.78, 5) is 26.4. The van der Waals surface area contributed by atoms with Gasteiger partial charge in [0.25, 0.3) is 0 Å². The van der Waals surface area contributed by atoms with Crippen LogP contribution in [0.4, 0.5) is 25.0 Å². The van der Waals surface area contributed by atoms with Crippen LogP contribution in [-0.4, -0.2) is 37.0 Å². The Kier molecular flexibility index (Phi) is 6.08. The molecule has 8 heteroatoms. The number of carbonyl (C=O) groups excluding carboxylic acids is 2. The van der Waals surface area contributed by atoms with E-state index in [9.17, 15) is 18.4 Å². The van der Waals surface area contributed by atoms with Crippen molar-refractivity contribution in [3.8, 4) is 5.75 Å². The van der Waals surface area contributed by atoms with Crippen molar-refractivity contribution in [3.05, 3.63) is 54.1 Å². The van der Waals surface area contributed by atoms with E-state index in [1.54, 1.807) is 17.0 Å². The van der Waals surface area contributed by atoms with Gasteiger partial charge in [-0.1, -0.05) is 12.1 Å². The van der Waals surface area contributed by atoms with E-state index in [1.165, 1.54) is 13.2 Å². The van der Waals surface area contributed by atoms with E-state index in [2.05, 4.69) is 10.6 Å². The summed E-state index contributed by atoms with van der Waals surface area (Å²) < 4.78 is 31.4. The lowest BCUT2D eigenvalue weighted by molar-refractivity contribution is -0.121. The first kappa shape index (κ1) is 19.6. The Morgan fingerprint density at radius 3 is 2.43 bits per heavy atom. The Bertz CT molecular complexity index is 868. The van der Waals surface area contributed by atoms with Gasteiger partial charge in [-0.15, -0.1) is 0 Å². The van der Waals surface area contributed by atoms with E-state index < -0.39 is 17.7 Å². The van der Waals surface area contributed by atoms with Gasteiger partial charge in [-0.25, -0.2) is 13.6 Å². The minimum atomic E-state index is -1.02. The highest BCUT2D eigenvalue weighted by atomic mass is 19.2. The molecule has 1 saturated heterocycles. The van der Waals surface area contributed by atoms with E-state index in [-0.39, 0.29) is 17.5 Å². The molecule has 3 amide bonds. The van der Waals surface area contributed by atoms with E-state index in [4.69, 9.17) is 4.74 Å². The molecule has 1 fully saturated rings. The molecule has 28 heavy (non-hydrogen) atoms. The van der Waals surface area contributed by atoms with Gasteiger partial charge in [0.2, 0.25) is 5.91 Å². The molecule has 2 aromatic rings. The summed E-state index contributed by atoms with van der Waals surface area (Å²) in [6.07, 6.45) is 1.01. The summed E-state index contributed by atoms with van der Waals surface area (Å²) in [5.74, 6) is -1.76. The van der Waals surface area contributed by atoms with Crippen LogP contribution in [0.2, 0.25) is 0 Å². The molecule has 1 heterocycles. The molecule has 2 N–H and O–H groups in total. The highest BCUT2D eigenvalue weighted by Crippen LogP contribution is 2.26. The summed E-state index contributed by atoms with van der Waals surface area (Å²) in [5.41, 5.74) is 0.786. The first-order valence-corrected chi connectivity index (χ1v) is 8.93. The number of hydrogen-bond acceptors (Lipinski definition) is 3. The second kappa shape index (κ2) is 8.69. The molecule has 0 aromatic heterocycles. The maximum atomic E-state index is 13.3. The van der Waals surface area contributed by atoms with Crippen LogP contribution < -0.4 is 15.4 Å². The SMILES string of the molecule is COc1ccccc1NC(=O)C1CCN(C(=O)Nc2ccc(F)c(F)c2)CC1. The fourth-order valence-electron chi connectivity index (χ4n) is 3.10. The second-order valence-electron chi connectivity index (χ2n) is 6.51. The zero-order valence-corrected chi connectivity index (χ0v) is 15.4. The Morgan fingerprint density at radius 1 is 1.04 bits per heavy atom. The third-order valence-corrected chi connectivity index (χ3v) is 4.69. The van der Waals surface area contributed by atoms with Crippen molar-refractivity contribution >= 4 is 23.3 Å². The van der Waals surface area contributed by atoms with Crippen molar-refractivity contribution in [2.24, 2.45) is 5.92 Å². The molecule has 1 aliphatic heterocycles. The molecule has 0 spiro atoms. The third-order valence-electron chi connectivity index (χ3n) is 4.69. The average Bonchev–Trinajstić information content (AvgIpc) is 2.71. The molecule has 0 aliphatic carbocycles. The monoisotopic (exact) mass is 389 g/mol. The van der Waals surface area contributed by atoms with Gasteiger partial charge in [-0.3, -0.25) is 4.79 Å². The highest BCUT2D eigenvalue weighted by Gasteiger charge is 2.28. The van der Waals surface area contributed by atoms with Gasteiger partial charge in [-0.05, 0) is 37.1 Å². The summed E-state index contributed by atoms with van der Waals surface area (Å²) in [6, 6.07) is 9.93. The van der Waals surface area contributed by atoms with Crippen molar-refractivity contribution < 1.29 is 23.1 Å². The number of urea groups is 1. The van der Waals surface area contributed by atoms with Gasteiger partial charge < -0.3 is 20.3 Å². The molecule has 2 aromatic carbocycles. The molecule has 1 aliphatic rings. The number of para-hydroxylation sites is 2. The molecule has 0 radical (unpaired) electrons. The lowest BCUT2D eigenvalue weighted by Gasteiger charge is -2.31. The van der Waals surface area contributed by atoms with Gasteiger partial charge in [-0.2, -0.15) is 0 Å². The quantitative estimate of drug-likeness (QED) is 0.834. The van der Waals surface area contributed by atoms with Crippen molar-refractivity contribution in [1.82, 2.24) is 4.90 Å². The van der Waals surface area contributed by atoms with E-state index in [0.717, 1.165) is 12.1 Å². The largest absolute Gasteiger partial charge is 0.495 e. The number of ether oxygens (including phenoxy) is 1.